The second kappa shape index (κ2) is 18.9. The van der Waals surface area contributed by atoms with Crippen LogP contribution in [-0.2, 0) is 26.2 Å². The summed E-state index contributed by atoms with van der Waals surface area (Å²) >= 11 is 0. The predicted molar refractivity (Wildman–Crippen MR) is 173 cm³/mol. The molecular weight excluding hydrogens is 502 g/mol. The molecule has 0 aliphatic heterocycles. The van der Waals surface area contributed by atoms with Gasteiger partial charge in [-0.3, -0.25) is 9.80 Å². The first kappa shape index (κ1) is 30.6. The van der Waals surface area contributed by atoms with Crippen LogP contribution in [0.2, 0.25) is 0 Å². The van der Waals surface area contributed by atoms with Crippen LogP contribution < -0.4 is 16.0 Å². The van der Waals surface area contributed by atoms with Crippen molar-refractivity contribution in [2.45, 2.75) is 26.2 Å². The van der Waals surface area contributed by atoms with Gasteiger partial charge in [0, 0.05) is 78.5 Å². The van der Waals surface area contributed by atoms with Gasteiger partial charge in [-0.1, -0.05) is 121 Å². The highest BCUT2D eigenvalue weighted by atomic mass is 15.2. The number of rotatable bonds is 20. The SMILES string of the molecule is c1ccc(CNCCNCCN(CCNCCN(Cc2ccccc2)Cc2ccccc2)Cc2ccccc2)cc1. The van der Waals surface area contributed by atoms with E-state index in [1.165, 1.54) is 22.3 Å². The van der Waals surface area contributed by atoms with Crippen molar-refractivity contribution in [3.8, 4) is 0 Å². The van der Waals surface area contributed by atoms with Gasteiger partial charge in [0.05, 0.1) is 0 Å². The Bertz CT molecular complexity index is 1130. The van der Waals surface area contributed by atoms with E-state index in [4.69, 9.17) is 0 Å². The van der Waals surface area contributed by atoms with Crippen LogP contribution in [0.25, 0.3) is 0 Å². The average molecular weight is 550 g/mol. The van der Waals surface area contributed by atoms with E-state index < -0.39 is 0 Å². The van der Waals surface area contributed by atoms with Crippen molar-refractivity contribution >= 4 is 0 Å². The van der Waals surface area contributed by atoms with Gasteiger partial charge in [0.2, 0.25) is 0 Å². The molecule has 0 amide bonds. The molecule has 5 nitrogen and oxygen atoms in total. The van der Waals surface area contributed by atoms with E-state index in [9.17, 15) is 0 Å². The van der Waals surface area contributed by atoms with Gasteiger partial charge in [0.25, 0.3) is 0 Å². The molecule has 0 unspecified atom stereocenters. The third-order valence-corrected chi connectivity index (χ3v) is 7.21. The predicted octanol–water partition coefficient (Wildman–Crippen LogP) is 5.16. The Balaban J connectivity index is 1.17. The molecule has 0 saturated carbocycles. The molecule has 0 aliphatic rings. The molecule has 0 heterocycles. The quantitative estimate of drug-likeness (QED) is 0.133. The molecule has 0 atom stereocenters. The standard InChI is InChI=1S/C36H47N5/c1-5-13-33(14-6-1)29-39-22-21-37-23-26-40(30-34-15-7-2-8-16-34)27-24-38-25-28-41(31-35-17-9-3-10-18-35)32-36-19-11-4-12-20-36/h1-20,37-39H,21-32H2. The van der Waals surface area contributed by atoms with Crippen molar-refractivity contribution in [1.29, 1.82) is 0 Å². The summed E-state index contributed by atoms with van der Waals surface area (Å²) in [6.07, 6.45) is 0. The van der Waals surface area contributed by atoms with Crippen molar-refractivity contribution in [2.24, 2.45) is 0 Å². The van der Waals surface area contributed by atoms with Gasteiger partial charge in [-0.15, -0.1) is 0 Å². The van der Waals surface area contributed by atoms with Gasteiger partial charge in [-0.25, -0.2) is 0 Å². The summed E-state index contributed by atoms with van der Waals surface area (Å²) in [6.45, 7) is 11.8. The summed E-state index contributed by atoms with van der Waals surface area (Å²) < 4.78 is 0. The molecule has 216 valence electrons. The van der Waals surface area contributed by atoms with E-state index in [0.717, 1.165) is 78.5 Å². The lowest BCUT2D eigenvalue weighted by Gasteiger charge is -2.25. The highest BCUT2D eigenvalue weighted by molar-refractivity contribution is 5.17. The van der Waals surface area contributed by atoms with Crippen LogP contribution >= 0.6 is 0 Å². The van der Waals surface area contributed by atoms with Crippen molar-refractivity contribution < 1.29 is 0 Å². The molecule has 0 aliphatic carbocycles. The Morgan fingerprint density at radius 3 is 1.15 bits per heavy atom. The monoisotopic (exact) mass is 549 g/mol. The molecule has 0 bridgehead atoms. The van der Waals surface area contributed by atoms with E-state index in [0.29, 0.717) is 0 Å². The first-order valence-electron chi connectivity index (χ1n) is 15.1. The number of hydrogen-bond donors (Lipinski definition) is 3. The van der Waals surface area contributed by atoms with Crippen LogP contribution in [0.3, 0.4) is 0 Å². The molecule has 0 radical (unpaired) electrons. The van der Waals surface area contributed by atoms with Gasteiger partial charge in [-0.05, 0) is 22.3 Å². The maximum atomic E-state index is 3.72. The molecule has 4 aromatic carbocycles. The van der Waals surface area contributed by atoms with Crippen molar-refractivity contribution in [1.82, 2.24) is 25.8 Å². The van der Waals surface area contributed by atoms with Crippen molar-refractivity contribution in [2.75, 3.05) is 52.4 Å². The largest absolute Gasteiger partial charge is 0.314 e. The Morgan fingerprint density at radius 1 is 0.341 bits per heavy atom. The van der Waals surface area contributed by atoms with E-state index in [2.05, 4.69) is 147 Å². The lowest BCUT2D eigenvalue weighted by Crippen LogP contribution is -2.39. The third-order valence-electron chi connectivity index (χ3n) is 7.21. The molecule has 0 saturated heterocycles. The van der Waals surface area contributed by atoms with E-state index in [1.807, 2.05) is 0 Å². The van der Waals surface area contributed by atoms with Crippen molar-refractivity contribution in [3.63, 3.8) is 0 Å². The Hall–Kier alpha value is -3.32. The molecular formula is C36H47N5. The van der Waals surface area contributed by atoms with Gasteiger partial charge in [0.1, 0.15) is 0 Å². The minimum atomic E-state index is 0.919. The summed E-state index contributed by atoms with van der Waals surface area (Å²) in [6, 6.07) is 43.0. The van der Waals surface area contributed by atoms with Gasteiger partial charge >= 0.3 is 0 Å². The molecule has 41 heavy (non-hydrogen) atoms. The van der Waals surface area contributed by atoms with E-state index in [-0.39, 0.29) is 0 Å². The second-order valence-corrected chi connectivity index (χ2v) is 10.6. The lowest BCUT2D eigenvalue weighted by atomic mass is 10.1. The Kier molecular flexibility index (Phi) is 14.1. The molecule has 3 N–H and O–H groups in total. The molecule has 4 rings (SSSR count). The Morgan fingerprint density at radius 2 is 0.683 bits per heavy atom. The molecule has 0 fully saturated rings. The topological polar surface area (TPSA) is 42.6 Å². The number of benzene rings is 4. The lowest BCUT2D eigenvalue weighted by molar-refractivity contribution is 0.243. The van der Waals surface area contributed by atoms with Gasteiger partial charge in [0.15, 0.2) is 0 Å². The summed E-state index contributed by atoms with van der Waals surface area (Å²) in [7, 11) is 0. The maximum absolute atomic E-state index is 3.72. The molecule has 0 spiro atoms. The minimum absolute atomic E-state index is 0.919. The minimum Gasteiger partial charge on any atom is -0.314 e. The fraction of sp³-hybridized carbons (Fsp3) is 0.333. The molecule has 4 aromatic rings. The smallest absolute Gasteiger partial charge is 0.0237 e. The van der Waals surface area contributed by atoms with Crippen LogP contribution in [0.4, 0.5) is 0 Å². The third kappa shape index (κ3) is 12.8. The number of nitrogens with one attached hydrogen (secondary N) is 3. The first-order chi connectivity index (χ1) is 20.3. The zero-order chi connectivity index (χ0) is 28.2. The number of hydrogen-bond acceptors (Lipinski definition) is 5. The van der Waals surface area contributed by atoms with Crippen LogP contribution in [0, 0.1) is 0 Å². The molecule has 0 aromatic heterocycles. The van der Waals surface area contributed by atoms with E-state index in [1.54, 1.807) is 0 Å². The zero-order valence-electron chi connectivity index (χ0n) is 24.4. The first-order valence-corrected chi connectivity index (χ1v) is 15.1. The Labute approximate surface area is 247 Å². The fourth-order valence-corrected chi connectivity index (χ4v) is 4.98. The molecule has 5 heteroatoms. The van der Waals surface area contributed by atoms with Gasteiger partial charge in [-0.2, -0.15) is 0 Å². The zero-order valence-corrected chi connectivity index (χ0v) is 24.4. The van der Waals surface area contributed by atoms with Crippen molar-refractivity contribution in [3.05, 3.63) is 144 Å². The highest BCUT2D eigenvalue weighted by Crippen LogP contribution is 2.10. The van der Waals surface area contributed by atoms with Gasteiger partial charge < -0.3 is 16.0 Å². The summed E-state index contributed by atoms with van der Waals surface area (Å²) in [5.74, 6) is 0. The summed E-state index contributed by atoms with van der Waals surface area (Å²) in [5.41, 5.74) is 5.42. The van der Waals surface area contributed by atoms with Crippen LogP contribution in [-0.4, -0.2) is 62.2 Å². The summed E-state index contributed by atoms with van der Waals surface area (Å²) in [5, 5.41) is 10.9. The second-order valence-electron chi connectivity index (χ2n) is 10.6. The van der Waals surface area contributed by atoms with E-state index >= 15 is 0 Å². The maximum Gasteiger partial charge on any atom is 0.0237 e. The fourth-order valence-electron chi connectivity index (χ4n) is 4.98. The van der Waals surface area contributed by atoms with Crippen LogP contribution in [0.1, 0.15) is 22.3 Å². The van der Waals surface area contributed by atoms with Crippen LogP contribution in [0.15, 0.2) is 121 Å². The van der Waals surface area contributed by atoms with Crippen LogP contribution in [0.5, 0.6) is 0 Å². The summed E-state index contributed by atoms with van der Waals surface area (Å²) in [4.78, 5) is 5.09. The highest BCUT2D eigenvalue weighted by Gasteiger charge is 2.09. The normalized spacial score (nSPS) is 11.4. The average Bonchev–Trinajstić information content (AvgIpc) is 3.02. The number of nitrogens with zero attached hydrogens (tertiary/aromatic N) is 2.